The third-order valence-electron chi connectivity index (χ3n) is 3.21. The van der Waals surface area contributed by atoms with Gasteiger partial charge in [0.25, 0.3) is 0 Å². The van der Waals surface area contributed by atoms with Gasteiger partial charge in [0.15, 0.2) is 11.6 Å². The molecular formula is C11H15ClFN3O. The lowest BCUT2D eigenvalue weighted by atomic mass is 9.84. The van der Waals surface area contributed by atoms with Crippen LogP contribution < -0.4 is 5.32 Å². The second-order valence-electron chi connectivity index (χ2n) is 4.49. The molecule has 4 nitrogen and oxygen atoms in total. The summed E-state index contributed by atoms with van der Waals surface area (Å²) < 4.78 is 13.4. The fourth-order valence-corrected chi connectivity index (χ4v) is 2.31. The Kier molecular flexibility index (Phi) is 3.79. The Balaban J connectivity index is 2.11. The summed E-state index contributed by atoms with van der Waals surface area (Å²) in [6, 6.07) is -0.181. The molecule has 0 aliphatic heterocycles. The van der Waals surface area contributed by atoms with Crippen LogP contribution in [0.4, 0.5) is 10.2 Å². The monoisotopic (exact) mass is 259 g/mol. The Morgan fingerprint density at radius 3 is 3.06 bits per heavy atom. The van der Waals surface area contributed by atoms with Crippen LogP contribution in [0.15, 0.2) is 6.20 Å². The van der Waals surface area contributed by atoms with Crippen molar-refractivity contribution < 1.29 is 9.50 Å². The topological polar surface area (TPSA) is 58.0 Å². The van der Waals surface area contributed by atoms with Crippen molar-refractivity contribution in [3.63, 3.8) is 0 Å². The van der Waals surface area contributed by atoms with E-state index in [4.69, 9.17) is 11.6 Å². The molecule has 1 fully saturated rings. The molecule has 94 valence electrons. The number of aliphatic hydroxyl groups excluding tert-OH is 1. The largest absolute Gasteiger partial charge is 0.391 e. The zero-order valence-corrected chi connectivity index (χ0v) is 10.3. The number of rotatable bonds is 2. The van der Waals surface area contributed by atoms with Crippen molar-refractivity contribution in [3.8, 4) is 0 Å². The summed E-state index contributed by atoms with van der Waals surface area (Å²) in [5.74, 6) is -0.287. The third kappa shape index (κ3) is 2.84. The second kappa shape index (κ2) is 5.14. The molecule has 1 aliphatic carbocycles. The Morgan fingerprint density at radius 1 is 1.53 bits per heavy atom. The third-order valence-corrected chi connectivity index (χ3v) is 3.39. The fraction of sp³-hybridized carbons (Fsp3) is 0.636. The Hall–Kier alpha value is -0.940. The van der Waals surface area contributed by atoms with Crippen LogP contribution in [0.2, 0.25) is 5.28 Å². The van der Waals surface area contributed by atoms with E-state index in [2.05, 4.69) is 15.3 Å². The molecule has 6 heteroatoms. The first-order valence-corrected chi connectivity index (χ1v) is 6.08. The molecular weight excluding hydrogens is 245 g/mol. The maximum Gasteiger partial charge on any atom is 0.224 e. The number of anilines is 1. The summed E-state index contributed by atoms with van der Waals surface area (Å²) in [4.78, 5) is 7.33. The molecule has 0 radical (unpaired) electrons. The zero-order valence-electron chi connectivity index (χ0n) is 9.53. The van der Waals surface area contributed by atoms with Crippen LogP contribution >= 0.6 is 11.6 Å². The first-order valence-electron chi connectivity index (χ1n) is 5.70. The van der Waals surface area contributed by atoms with Gasteiger partial charge in [-0.1, -0.05) is 13.3 Å². The lowest BCUT2D eigenvalue weighted by Gasteiger charge is -2.33. The first-order chi connectivity index (χ1) is 8.08. The minimum absolute atomic E-state index is 0.00718. The van der Waals surface area contributed by atoms with Gasteiger partial charge in [-0.05, 0) is 30.4 Å². The van der Waals surface area contributed by atoms with Crippen molar-refractivity contribution in [2.24, 2.45) is 5.92 Å². The van der Waals surface area contributed by atoms with E-state index in [0.29, 0.717) is 0 Å². The van der Waals surface area contributed by atoms with E-state index >= 15 is 0 Å². The number of nitrogens with zero attached hydrogens (tertiary/aromatic N) is 2. The highest BCUT2D eigenvalue weighted by atomic mass is 35.5. The van der Waals surface area contributed by atoms with E-state index in [1.54, 1.807) is 0 Å². The molecule has 0 unspecified atom stereocenters. The first kappa shape index (κ1) is 12.5. The molecule has 17 heavy (non-hydrogen) atoms. The van der Waals surface area contributed by atoms with E-state index < -0.39 is 11.9 Å². The van der Waals surface area contributed by atoms with Gasteiger partial charge in [-0.3, -0.25) is 0 Å². The minimum atomic E-state index is -0.556. The van der Waals surface area contributed by atoms with Gasteiger partial charge in [-0.25, -0.2) is 9.37 Å². The van der Waals surface area contributed by atoms with Crippen LogP contribution in [0, 0.1) is 11.7 Å². The summed E-state index contributed by atoms with van der Waals surface area (Å²) in [6.45, 7) is 1.99. The van der Waals surface area contributed by atoms with Gasteiger partial charge in [0, 0.05) is 0 Å². The van der Waals surface area contributed by atoms with Crippen molar-refractivity contribution in [2.75, 3.05) is 5.32 Å². The molecule has 3 atom stereocenters. The van der Waals surface area contributed by atoms with Gasteiger partial charge in [0.1, 0.15) is 0 Å². The highest BCUT2D eigenvalue weighted by molar-refractivity contribution is 6.28. The average molecular weight is 260 g/mol. The molecule has 1 saturated carbocycles. The molecule has 0 amide bonds. The van der Waals surface area contributed by atoms with Crippen LogP contribution in [-0.4, -0.2) is 27.2 Å². The van der Waals surface area contributed by atoms with E-state index in [1.807, 2.05) is 6.92 Å². The van der Waals surface area contributed by atoms with E-state index in [-0.39, 0.29) is 23.1 Å². The summed E-state index contributed by atoms with van der Waals surface area (Å²) in [5, 5.41) is 12.9. The highest BCUT2D eigenvalue weighted by Gasteiger charge is 2.29. The molecule has 2 rings (SSSR count). The summed E-state index contributed by atoms with van der Waals surface area (Å²) in [6.07, 6.45) is 3.34. The van der Waals surface area contributed by atoms with Crippen molar-refractivity contribution >= 4 is 17.4 Å². The number of hydrogen-bond donors (Lipinski definition) is 2. The van der Waals surface area contributed by atoms with Crippen molar-refractivity contribution in [1.29, 1.82) is 0 Å². The summed E-state index contributed by atoms with van der Waals surface area (Å²) in [5.41, 5.74) is 0. The van der Waals surface area contributed by atoms with Gasteiger partial charge in [0.05, 0.1) is 18.3 Å². The number of hydrogen-bond acceptors (Lipinski definition) is 4. The van der Waals surface area contributed by atoms with Crippen LogP contribution in [-0.2, 0) is 0 Å². The molecule has 0 bridgehead atoms. The second-order valence-corrected chi connectivity index (χ2v) is 4.82. The van der Waals surface area contributed by atoms with E-state index in [0.717, 1.165) is 25.5 Å². The van der Waals surface area contributed by atoms with Crippen molar-refractivity contribution in [2.45, 2.75) is 38.3 Å². The normalized spacial score (nSPS) is 29.1. The Bertz CT molecular complexity index is 404. The molecule has 1 aliphatic rings. The van der Waals surface area contributed by atoms with Crippen LogP contribution in [0.25, 0.3) is 0 Å². The molecule has 0 spiro atoms. The molecule has 0 saturated heterocycles. The summed E-state index contributed by atoms with van der Waals surface area (Å²) in [7, 11) is 0. The smallest absolute Gasteiger partial charge is 0.224 e. The lowest BCUT2D eigenvalue weighted by Crippen LogP contribution is -2.41. The number of nitrogens with one attached hydrogen (secondary N) is 1. The predicted molar refractivity (Wildman–Crippen MR) is 63.4 cm³/mol. The Morgan fingerprint density at radius 2 is 2.29 bits per heavy atom. The number of aromatic nitrogens is 2. The van der Waals surface area contributed by atoms with Crippen molar-refractivity contribution in [1.82, 2.24) is 9.97 Å². The van der Waals surface area contributed by atoms with E-state index in [1.165, 1.54) is 0 Å². The van der Waals surface area contributed by atoms with Crippen LogP contribution in [0.1, 0.15) is 26.2 Å². The van der Waals surface area contributed by atoms with Crippen LogP contribution in [0.5, 0.6) is 0 Å². The van der Waals surface area contributed by atoms with E-state index in [9.17, 15) is 9.50 Å². The quantitative estimate of drug-likeness (QED) is 0.800. The number of aliphatic hydroxyl groups is 1. The molecule has 1 heterocycles. The van der Waals surface area contributed by atoms with Gasteiger partial charge >= 0.3 is 0 Å². The standard InChI is InChI=1S/C11H15ClFN3O/c1-6-3-2-4-8(9(6)17)15-10-7(13)5-14-11(12)16-10/h5-6,8-9,17H,2-4H2,1H3,(H,14,15,16)/t6-,8+,9-/m1/s1. The lowest BCUT2D eigenvalue weighted by molar-refractivity contribution is 0.0669. The minimum Gasteiger partial charge on any atom is -0.391 e. The fourth-order valence-electron chi connectivity index (χ4n) is 2.18. The zero-order chi connectivity index (χ0) is 12.4. The van der Waals surface area contributed by atoms with Gasteiger partial charge in [-0.2, -0.15) is 4.98 Å². The maximum absolute atomic E-state index is 13.4. The van der Waals surface area contributed by atoms with Gasteiger partial charge in [0.2, 0.25) is 5.28 Å². The van der Waals surface area contributed by atoms with Crippen LogP contribution in [0.3, 0.4) is 0 Å². The molecule has 1 aromatic heterocycles. The molecule has 0 aromatic carbocycles. The molecule has 2 N–H and O–H groups in total. The number of halogens is 2. The average Bonchev–Trinajstić information content (AvgIpc) is 2.30. The summed E-state index contributed by atoms with van der Waals surface area (Å²) >= 11 is 5.61. The maximum atomic E-state index is 13.4. The highest BCUT2D eigenvalue weighted by Crippen LogP contribution is 2.27. The Labute approximate surface area is 104 Å². The van der Waals surface area contributed by atoms with Crippen molar-refractivity contribution in [3.05, 3.63) is 17.3 Å². The van der Waals surface area contributed by atoms with Gasteiger partial charge < -0.3 is 10.4 Å². The molecule has 1 aromatic rings. The predicted octanol–water partition coefficient (Wildman–Crippen LogP) is 2.23. The SMILES string of the molecule is C[C@@H]1CCC[C@H](Nc2nc(Cl)ncc2F)[C@@H]1O. The van der Waals surface area contributed by atoms with Gasteiger partial charge in [-0.15, -0.1) is 0 Å².